The van der Waals surface area contributed by atoms with Crippen LogP contribution < -0.4 is 5.73 Å². The van der Waals surface area contributed by atoms with Crippen LogP contribution in [0.25, 0.3) is 0 Å². The first-order valence-electron chi connectivity index (χ1n) is 7.88. The maximum Gasteiger partial charge on any atom is 0.0131 e. The third-order valence-corrected chi connectivity index (χ3v) is 6.06. The van der Waals surface area contributed by atoms with Crippen molar-refractivity contribution in [2.24, 2.45) is 17.1 Å². The highest BCUT2D eigenvalue weighted by molar-refractivity contribution is 7.09. The SMILES string of the molecule is CC(Cc1cccs1)N(C)CC1CCCC(C)(C)C1N. The van der Waals surface area contributed by atoms with Crippen LogP contribution in [0.1, 0.15) is 44.9 Å². The Bertz CT molecular complexity index is 399. The monoisotopic (exact) mass is 294 g/mol. The van der Waals surface area contributed by atoms with E-state index in [1.54, 1.807) is 0 Å². The summed E-state index contributed by atoms with van der Waals surface area (Å²) in [5.74, 6) is 0.648. The van der Waals surface area contributed by atoms with Crippen LogP contribution in [0.5, 0.6) is 0 Å². The molecule has 3 atom stereocenters. The molecule has 0 radical (unpaired) electrons. The van der Waals surface area contributed by atoms with Crippen LogP contribution in [0.2, 0.25) is 0 Å². The molecule has 0 bridgehead atoms. The van der Waals surface area contributed by atoms with Crippen LogP contribution >= 0.6 is 11.3 Å². The van der Waals surface area contributed by atoms with Gasteiger partial charge in [0.05, 0.1) is 0 Å². The summed E-state index contributed by atoms with van der Waals surface area (Å²) >= 11 is 1.86. The molecule has 0 aliphatic heterocycles. The molecule has 1 aromatic rings. The molecule has 2 N–H and O–H groups in total. The van der Waals surface area contributed by atoms with Gasteiger partial charge in [-0.05, 0) is 56.0 Å². The highest BCUT2D eigenvalue weighted by Crippen LogP contribution is 2.38. The van der Waals surface area contributed by atoms with Gasteiger partial charge in [0.1, 0.15) is 0 Å². The van der Waals surface area contributed by atoms with Crippen molar-refractivity contribution in [1.82, 2.24) is 4.90 Å². The summed E-state index contributed by atoms with van der Waals surface area (Å²) < 4.78 is 0. The predicted molar refractivity (Wildman–Crippen MR) is 89.2 cm³/mol. The minimum Gasteiger partial charge on any atom is -0.327 e. The molecule has 1 fully saturated rings. The summed E-state index contributed by atoms with van der Waals surface area (Å²) in [6.45, 7) is 8.13. The lowest BCUT2D eigenvalue weighted by atomic mass is 9.68. The fourth-order valence-electron chi connectivity index (χ4n) is 3.43. The van der Waals surface area contributed by atoms with E-state index in [0.717, 1.165) is 13.0 Å². The number of nitrogens with zero attached hydrogens (tertiary/aromatic N) is 1. The lowest BCUT2D eigenvalue weighted by Gasteiger charge is -2.43. The average Bonchev–Trinajstić information content (AvgIpc) is 2.87. The first-order chi connectivity index (χ1) is 9.40. The molecule has 1 saturated carbocycles. The average molecular weight is 295 g/mol. The first kappa shape index (κ1) is 16.0. The van der Waals surface area contributed by atoms with Crippen molar-refractivity contribution in [2.45, 2.75) is 58.5 Å². The number of likely N-dealkylation sites (N-methyl/N-ethyl adjacent to an activating group) is 1. The Hall–Kier alpha value is -0.380. The standard InChI is InChI=1S/C17H30N2S/c1-13(11-15-8-6-10-20-15)19(4)12-14-7-5-9-17(2,3)16(14)18/h6,8,10,13-14,16H,5,7,9,11-12,18H2,1-4H3. The molecule has 2 nitrogen and oxygen atoms in total. The van der Waals surface area contributed by atoms with Gasteiger partial charge in [0.25, 0.3) is 0 Å². The summed E-state index contributed by atoms with van der Waals surface area (Å²) in [7, 11) is 2.26. The summed E-state index contributed by atoms with van der Waals surface area (Å²) in [4.78, 5) is 3.99. The number of rotatable bonds is 5. The highest BCUT2D eigenvalue weighted by Gasteiger charge is 2.36. The Kier molecular flexibility index (Phi) is 5.27. The number of hydrogen-bond acceptors (Lipinski definition) is 3. The van der Waals surface area contributed by atoms with E-state index in [-0.39, 0.29) is 0 Å². The topological polar surface area (TPSA) is 29.3 Å². The number of thiophene rings is 1. The molecule has 0 spiro atoms. The van der Waals surface area contributed by atoms with Crippen molar-refractivity contribution in [1.29, 1.82) is 0 Å². The van der Waals surface area contributed by atoms with Crippen LogP contribution in [0.4, 0.5) is 0 Å². The Balaban J connectivity index is 1.88. The van der Waals surface area contributed by atoms with E-state index < -0.39 is 0 Å². The van der Waals surface area contributed by atoms with Gasteiger partial charge in [0.15, 0.2) is 0 Å². The molecular weight excluding hydrogens is 264 g/mol. The van der Waals surface area contributed by atoms with Gasteiger partial charge >= 0.3 is 0 Å². The van der Waals surface area contributed by atoms with Crippen molar-refractivity contribution >= 4 is 11.3 Å². The van der Waals surface area contributed by atoms with Gasteiger partial charge in [-0.3, -0.25) is 0 Å². The van der Waals surface area contributed by atoms with Crippen molar-refractivity contribution < 1.29 is 0 Å². The zero-order valence-electron chi connectivity index (χ0n) is 13.4. The number of hydrogen-bond donors (Lipinski definition) is 1. The third kappa shape index (κ3) is 3.84. The molecular formula is C17H30N2S. The van der Waals surface area contributed by atoms with E-state index in [1.165, 1.54) is 24.1 Å². The van der Waals surface area contributed by atoms with Gasteiger partial charge in [-0.25, -0.2) is 0 Å². The van der Waals surface area contributed by atoms with Crippen LogP contribution in [0, 0.1) is 11.3 Å². The zero-order chi connectivity index (χ0) is 14.8. The maximum absolute atomic E-state index is 6.52. The largest absolute Gasteiger partial charge is 0.327 e. The first-order valence-corrected chi connectivity index (χ1v) is 8.76. The minimum atomic E-state index is 0.306. The molecule has 1 aromatic heterocycles. The lowest BCUT2D eigenvalue weighted by Crippen LogP contribution is -2.50. The number of nitrogens with two attached hydrogens (primary N) is 1. The van der Waals surface area contributed by atoms with Gasteiger partial charge in [-0.1, -0.05) is 26.3 Å². The molecule has 1 heterocycles. The van der Waals surface area contributed by atoms with E-state index in [2.05, 4.69) is 50.2 Å². The molecule has 0 aromatic carbocycles. The Labute approximate surface area is 128 Å². The molecule has 3 heteroatoms. The predicted octanol–water partition coefficient (Wildman–Crippen LogP) is 3.76. The molecule has 1 aliphatic rings. The van der Waals surface area contributed by atoms with E-state index in [0.29, 0.717) is 23.4 Å². The van der Waals surface area contributed by atoms with Gasteiger partial charge in [-0.2, -0.15) is 0 Å². The Morgan fingerprint density at radius 3 is 2.90 bits per heavy atom. The summed E-state index contributed by atoms with van der Waals surface area (Å²) in [5.41, 5.74) is 6.82. The van der Waals surface area contributed by atoms with Crippen LogP contribution in [0.15, 0.2) is 17.5 Å². The van der Waals surface area contributed by atoms with E-state index in [9.17, 15) is 0 Å². The molecule has 2 rings (SSSR count). The van der Waals surface area contributed by atoms with E-state index in [1.807, 2.05) is 11.3 Å². The van der Waals surface area contributed by atoms with Gasteiger partial charge in [0.2, 0.25) is 0 Å². The van der Waals surface area contributed by atoms with Crippen LogP contribution in [0.3, 0.4) is 0 Å². The summed E-state index contributed by atoms with van der Waals surface area (Å²) in [6.07, 6.45) is 5.05. The molecule has 3 unspecified atom stereocenters. The smallest absolute Gasteiger partial charge is 0.0131 e. The second-order valence-corrected chi connectivity index (χ2v) is 8.27. The Morgan fingerprint density at radius 2 is 2.25 bits per heavy atom. The fraction of sp³-hybridized carbons (Fsp3) is 0.765. The fourth-order valence-corrected chi connectivity index (χ4v) is 4.26. The van der Waals surface area contributed by atoms with Crippen LogP contribution in [-0.2, 0) is 6.42 Å². The van der Waals surface area contributed by atoms with E-state index >= 15 is 0 Å². The van der Waals surface area contributed by atoms with Crippen molar-refractivity contribution in [3.05, 3.63) is 22.4 Å². The second kappa shape index (κ2) is 6.59. The molecule has 20 heavy (non-hydrogen) atoms. The normalized spacial score (nSPS) is 27.7. The maximum atomic E-state index is 6.52. The van der Waals surface area contributed by atoms with Gasteiger partial charge in [-0.15, -0.1) is 11.3 Å². The summed E-state index contributed by atoms with van der Waals surface area (Å²) in [6, 6.07) is 5.31. The summed E-state index contributed by atoms with van der Waals surface area (Å²) in [5, 5.41) is 2.17. The van der Waals surface area contributed by atoms with Crippen molar-refractivity contribution in [3.8, 4) is 0 Å². The molecule has 1 aliphatic carbocycles. The molecule has 114 valence electrons. The second-order valence-electron chi connectivity index (χ2n) is 7.24. The van der Waals surface area contributed by atoms with Crippen LogP contribution in [-0.4, -0.2) is 30.6 Å². The zero-order valence-corrected chi connectivity index (χ0v) is 14.2. The molecule has 0 saturated heterocycles. The van der Waals surface area contributed by atoms with Crippen molar-refractivity contribution in [3.63, 3.8) is 0 Å². The van der Waals surface area contributed by atoms with Crippen molar-refractivity contribution in [2.75, 3.05) is 13.6 Å². The Morgan fingerprint density at radius 1 is 1.50 bits per heavy atom. The third-order valence-electron chi connectivity index (χ3n) is 5.16. The van der Waals surface area contributed by atoms with E-state index in [4.69, 9.17) is 5.73 Å². The molecule has 0 amide bonds. The van der Waals surface area contributed by atoms with Gasteiger partial charge in [0, 0.05) is 23.5 Å². The van der Waals surface area contributed by atoms with Gasteiger partial charge < -0.3 is 10.6 Å². The quantitative estimate of drug-likeness (QED) is 0.896. The minimum absolute atomic E-state index is 0.306. The lowest BCUT2D eigenvalue weighted by molar-refractivity contribution is 0.0990. The highest BCUT2D eigenvalue weighted by atomic mass is 32.1.